The van der Waals surface area contributed by atoms with Gasteiger partial charge in [0.15, 0.2) is 0 Å². The molecule has 3 aromatic rings. The molecule has 0 amide bonds. The fourth-order valence-corrected chi connectivity index (χ4v) is 2.40. The van der Waals surface area contributed by atoms with Crippen molar-refractivity contribution in [2.75, 3.05) is 0 Å². The lowest BCUT2D eigenvalue weighted by Gasteiger charge is -2.11. The average molecular weight is 320 g/mol. The Hall–Kier alpha value is -3.21. The first-order valence-corrected chi connectivity index (χ1v) is 7.49. The molecule has 120 valence electrons. The van der Waals surface area contributed by atoms with Gasteiger partial charge in [-0.1, -0.05) is 42.5 Å². The molecule has 0 fully saturated rings. The van der Waals surface area contributed by atoms with Crippen LogP contribution in [0.4, 0.5) is 0 Å². The van der Waals surface area contributed by atoms with E-state index in [4.69, 9.17) is 9.84 Å². The van der Waals surface area contributed by atoms with E-state index < -0.39 is 5.97 Å². The zero-order valence-corrected chi connectivity index (χ0v) is 13.1. The number of rotatable bonds is 5. The molecule has 5 heteroatoms. The van der Waals surface area contributed by atoms with Crippen molar-refractivity contribution in [2.45, 2.75) is 13.3 Å². The number of benzene rings is 2. The van der Waals surface area contributed by atoms with Crippen molar-refractivity contribution in [3.63, 3.8) is 0 Å². The van der Waals surface area contributed by atoms with Crippen LogP contribution in [0.15, 0.2) is 60.9 Å². The SMILES string of the molecule is Cc1ncnc(Oc2cccc(-c3ccccc3)c2)c1CC(=O)O. The summed E-state index contributed by atoms with van der Waals surface area (Å²) in [7, 11) is 0. The van der Waals surface area contributed by atoms with Crippen LogP contribution in [0.2, 0.25) is 0 Å². The third-order valence-electron chi connectivity index (χ3n) is 3.60. The van der Waals surface area contributed by atoms with Crippen LogP contribution in [0, 0.1) is 6.92 Å². The Labute approximate surface area is 139 Å². The van der Waals surface area contributed by atoms with E-state index in [0.717, 1.165) is 11.1 Å². The molecule has 0 bridgehead atoms. The van der Waals surface area contributed by atoms with Crippen molar-refractivity contribution >= 4 is 5.97 Å². The maximum atomic E-state index is 11.1. The Morgan fingerprint density at radius 1 is 1.04 bits per heavy atom. The number of nitrogens with zero attached hydrogens (tertiary/aromatic N) is 2. The van der Waals surface area contributed by atoms with Gasteiger partial charge in [0.1, 0.15) is 12.1 Å². The van der Waals surface area contributed by atoms with Gasteiger partial charge in [-0.05, 0) is 30.2 Å². The first-order chi connectivity index (χ1) is 11.6. The van der Waals surface area contributed by atoms with Crippen molar-refractivity contribution in [1.82, 2.24) is 9.97 Å². The summed E-state index contributed by atoms with van der Waals surface area (Å²) in [5, 5.41) is 9.06. The number of aryl methyl sites for hydroxylation is 1. The van der Waals surface area contributed by atoms with Crippen LogP contribution in [-0.4, -0.2) is 21.0 Å². The van der Waals surface area contributed by atoms with Crippen LogP contribution in [0.1, 0.15) is 11.3 Å². The number of carboxylic acid groups (broad SMARTS) is 1. The Bertz CT molecular complexity index is 863. The van der Waals surface area contributed by atoms with Gasteiger partial charge in [-0.3, -0.25) is 4.79 Å². The first kappa shape index (κ1) is 15.7. The highest BCUT2D eigenvalue weighted by atomic mass is 16.5. The molecule has 0 atom stereocenters. The lowest BCUT2D eigenvalue weighted by atomic mass is 10.1. The van der Waals surface area contributed by atoms with E-state index in [1.165, 1.54) is 6.33 Å². The molecule has 0 aliphatic carbocycles. The van der Waals surface area contributed by atoms with E-state index in [1.807, 2.05) is 54.6 Å². The summed E-state index contributed by atoms with van der Waals surface area (Å²) in [6, 6.07) is 17.5. The Kier molecular flexibility index (Phi) is 4.52. The lowest BCUT2D eigenvalue weighted by Crippen LogP contribution is -2.06. The molecule has 5 nitrogen and oxygen atoms in total. The van der Waals surface area contributed by atoms with Gasteiger partial charge in [-0.15, -0.1) is 0 Å². The molecular weight excluding hydrogens is 304 g/mol. The van der Waals surface area contributed by atoms with Crippen molar-refractivity contribution in [2.24, 2.45) is 0 Å². The molecule has 0 spiro atoms. The lowest BCUT2D eigenvalue weighted by molar-refractivity contribution is -0.136. The average Bonchev–Trinajstić information content (AvgIpc) is 2.59. The molecule has 0 radical (unpaired) electrons. The molecule has 24 heavy (non-hydrogen) atoms. The van der Waals surface area contributed by atoms with E-state index in [2.05, 4.69) is 9.97 Å². The van der Waals surface area contributed by atoms with Gasteiger partial charge < -0.3 is 9.84 Å². The molecule has 0 saturated carbocycles. The number of aromatic nitrogens is 2. The second-order valence-corrected chi connectivity index (χ2v) is 5.31. The summed E-state index contributed by atoms with van der Waals surface area (Å²) in [6.07, 6.45) is 1.19. The molecule has 0 unspecified atom stereocenters. The molecule has 0 aliphatic rings. The highest BCUT2D eigenvalue weighted by Gasteiger charge is 2.14. The van der Waals surface area contributed by atoms with E-state index in [-0.39, 0.29) is 12.3 Å². The molecule has 1 aromatic heterocycles. The van der Waals surface area contributed by atoms with Crippen LogP contribution >= 0.6 is 0 Å². The van der Waals surface area contributed by atoms with Crippen LogP contribution < -0.4 is 4.74 Å². The number of aliphatic carboxylic acids is 1. The van der Waals surface area contributed by atoms with Crippen molar-refractivity contribution in [1.29, 1.82) is 0 Å². The van der Waals surface area contributed by atoms with E-state index >= 15 is 0 Å². The summed E-state index contributed by atoms with van der Waals surface area (Å²) < 4.78 is 5.84. The Morgan fingerprint density at radius 2 is 1.79 bits per heavy atom. The predicted molar refractivity (Wildman–Crippen MR) is 90.1 cm³/mol. The summed E-state index contributed by atoms with van der Waals surface area (Å²) in [5.74, 6) is -0.0769. The highest BCUT2D eigenvalue weighted by Crippen LogP contribution is 2.28. The van der Waals surface area contributed by atoms with Crippen LogP contribution in [-0.2, 0) is 11.2 Å². The number of carboxylic acids is 1. The smallest absolute Gasteiger partial charge is 0.308 e. The number of ether oxygens (including phenoxy) is 1. The molecule has 0 saturated heterocycles. The zero-order chi connectivity index (χ0) is 16.9. The monoisotopic (exact) mass is 320 g/mol. The molecule has 0 aliphatic heterocycles. The van der Waals surface area contributed by atoms with Crippen molar-refractivity contribution in [3.8, 4) is 22.8 Å². The van der Waals surface area contributed by atoms with Gasteiger partial charge in [-0.2, -0.15) is 0 Å². The van der Waals surface area contributed by atoms with Gasteiger partial charge in [-0.25, -0.2) is 9.97 Å². The summed E-state index contributed by atoms with van der Waals surface area (Å²) in [6.45, 7) is 1.74. The van der Waals surface area contributed by atoms with Gasteiger partial charge >= 0.3 is 5.97 Å². The highest BCUT2D eigenvalue weighted by molar-refractivity contribution is 5.71. The Morgan fingerprint density at radius 3 is 2.54 bits per heavy atom. The van der Waals surface area contributed by atoms with Gasteiger partial charge in [0.2, 0.25) is 5.88 Å². The molecule has 3 rings (SSSR count). The topological polar surface area (TPSA) is 72.3 Å². The summed E-state index contributed by atoms with van der Waals surface area (Å²) in [4.78, 5) is 19.2. The first-order valence-electron chi connectivity index (χ1n) is 7.49. The second kappa shape index (κ2) is 6.91. The quantitative estimate of drug-likeness (QED) is 0.772. The van der Waals surface area contributed by atoms with Crippen LogP contribution in [0.3, 0.4) is 0 Å². The summed E-state index contributed by atoms with van der Waals surface area (Å²) >= 11 is 0. The predicted octanol–water partition coefficient (Wildman–Crippen LogP) is 3.87. The Balaban J connectivity index is 1.92. The third-order valence-corrected chi connectivity index (χ3v) is 3.60. The summed E-state index contributed by atoms with van der Waals surface area (Å²) in [5.41, 5.74) is 3.17. The van der Waals surface area contributed by atoms with Crippen LogP contribution in [0.5, 0.6) is 11.6 Å². The fourth-order valence-electron chi connectivity index (χ4n) is 2.40. The maximum absolute atomic E-state index is 11.1. The second-order valence-electron chi connectivity index (χ2n) is 5.31. The largest absolute Gasteiger partial charge is 0.481 e. The molecule has 1 heterocycles. The standard InChI is InChI=1S/C19H16N2O3/c1-13-17(11-18(22)23)19(21-12-20-13)24-16-9-5-8-15(10-16)14-6-3-2-4-7-14/h2-10,12H,11H2,1H3,(H,22,23). The van der Waals surface area contributed by atoms with Gasteiger partial charge in [0.25, 0.3) is 0 Å². The van der Waals surface area contributed by atoms with E-state index in [9.17, 15) is 4.79 Å². The van der Waals surface area contributed by atoms with Gasteiger partial charge in [0.05, 0.1) is 6.42 Å². The normalized spacial score (nSPS) is 10.4. The fraction of sp³-hybridized carbons (Fsp3) is 0.105. The van der Waals surface area contributed by atoms with Crippen LogP contribution in [0.25, 0.3) is 11.1 Å². The molecule has 2 aromatic carbocycles. The zero-order valence-electron chi connectivity index (χ0n) is 13.1. The van der Waals surface area contributed by atoms with E-state index in [1.54, 1.807) is 6.92 Å². The van der Waals surface area contributed by atoms with E-state index in [0.29, 0.717) is 17.0 Å². The van der Waals surface area contributed by atoms with Crippen molar-refractivity contribution < 1.29 is 14.6 Å². The third kappa shape index (κ3) is 3.57. The molecular formula is C19H16N2O3. The minimum absolute atomic E-state index is 0.180. The van der Waals surface area contributed by atoms with Crippen molar-refractivity contribution in [3.05, 3.63) is 72.2 Å². The number of hydrogen-bond donors (Lipinski definition) is 1. The minimum atomic E-state index is -0.948. The number of carbonyl (C=O) groups is 1. The number of hydrogen-bond acceptors (Lipinski definition) is 4. The molecule has 1 N–H and O–H groups in total. The maximum Gasteiger partial charge on any atom is 0.308 e. The van der Waals surface area contributed by atoms with Gasteiger partial charge in [0, 0.05) is 11.3 Å². The minimum Gasteiger partial charge on any atom is -0.481 e.